The molecule has 0 unspecified atom stereocenters. The van der Waals surface area contributed by atoms with Crippen LogP contribution in [-0.2, 0) is 17.6 Å². The number of hydrogen-bond acceptors (Lipinski definition) is 4. The van der Waals surface area contributed by atoms with Gasteiger partial charge in [-0.3, -0.25) is 4.79 Å². The van der Waals surface area contributed by atoms with Crippen LogP contribution < -0.4 is 14.2 Å². The lowest BCUT2D eigenvalue weighted by molar-refractivity contribution is -0.131. The first-order valence-electron chi connectivity index (χ1n) is 8.71. The Morgan fingerprint density at radius 2 is 1.73 bits per heavy atom. The van der Waals surface area contributed by atoms with Crippen LogP contribution in [0.15, 0.2) is 36.4 Å². The lowest BCUT2D eigenvalue weighted by atomic mass is 10.1. The molecule has 2 aromatic carbocycles. The molecule has 0 radical (unpaired) electrons. The van der Waals surface area contributed by atoms with Crippen LogP contribution >= 0.6 is 0 Å². The summed E-state index contributed by atoms with van der Waals surface area (Å²) in [6, 6.07) is 12.2. The number of carbonyl (C=O) groups excluding carboxylic acids is 1. The highest BCUT2D eigenvalue weighted by molar-refractivity contribution is 5.79. The van der Waals surface area contributed by atoms with Gasteiger partial charge >= 0.3 is 0 Å². The minimum Gasteiger partial charge on any atom is -0.493 e. The van der Waals surface area contributed by atoms with E-state index in [0.717, 1.165) is 18.4 Å². The van der Waals surface area contributed by atoms with Crippen LogP contribution in [0.1, 0.15) is 29.2 Å². The van der Waals surface area contributed by atoms with E-state index in [2.05, 4.69) is 18.2 Å². The fraction of sp³-hybridized carbons (Fsp3) is 0.381. The van der Waals surface area contributed by atoms with Crippen molar-refractivity contribution in [2.24, 2.45) is 0 Å². The second kappa shape index (κ2) is 7.68. The molecule has 1 aliphatic rings. The molecule has 5 heteroatoms. The Balaban J connectivity index is 1.80. The Labute approximate surface area is 154 Å². The molecular formula is C21H25NO4. The number of amides is 1. The van der Waals surface area contributed by atoms with E-state index in [1.54, 1.807) is 21.3 Å². The van der Waals surface area contributed by atoms with E-state index in [-0.39, 0.29) is 18.4 Å². The Morgan fingerprint density at radius 1 is 1.08 bits per heavy atom. The van der Waals surface area contributed by atoms with Crippen LogP contribution in [0.5, 0.6) is 17.2 Å². The molecule has 0 bridgehead atoms. The van der Waals surface area contributed by atoms with Gasteiger partial charge in [0.25, 0.3) is 0 Å². The number of hydrogen-bond donors (Lipinski definition) is 0. The smallest absolute Gasteiger partial charge is 0.227 e. The van der Waals surface area contributed by atoms with Gasteiger partial charge in [-0.25, -0.2) is 0 Å². The molecule has 0 saturated heterocycles. The van der Waals surface area contributed by atoms with Crippen molar-refractivity contribution in [2.45, 2.75) is 25.3 Å². The largest absolute Gasteiger partial charge is 0.493 e. The van der Waals surface area contributed by atoms with E-state index in [4.69, 9.17) is 14.2 Å². The molecule has 1 amide bonds. The van der Waals surface area contributed by atoms with Crippen molar-refractivity contribution in [1.82, 2.24) is 4.90 Å². The number of ether oxygens (including phenoxy) is 3. The normalized spacial score (nSPS) is 15.3. The first-order chi connectivity index (χ1) is 12.6. The van der Waals surface area contributed by atoms with Crippen LogP contribution in [0, 0.1) is 0 Å². The van der Waals surface area contributed by atoms with Gasteiger partial charge in [-0.1, -0.05) is 24.3 Å². The summed E-state index contributed by atoms with van der Waals surface area (Å²) in [5.74, 6) is 1.72. The van der Waals surface area contributed by atoms with Gasteiger partial charge < -0.3 is 19.1 Å². The molecule has 0 saturated carbocycles. The highest BCUT2D eigenvalue weighted by Crippen LogP contribution is 2.39. The van der Waals surface area contributed by atoms with E-state index in [1.807, 2.05) is 30.1 Å². The van der Waals surface area contributed by atoms with Crippen LogP contribution in [0.2, 0.25) is 0 Å². The van der Waals surface area contributed by atoms with Gasteiger partial charge in [-0.15, -0.1) is 0 Å². The zero-order valence-electron chi connectivity index (χ0n) is 15.7. The third-order valence-electron chi connectivity index (χ3n) is 5.04. The molecule has 26 heavy (non-hydrogen) atoms. The van der Waals surface area contributed by atoms with Gasteiger partial charge in [0.05, 0.1) is 33.8 Å². The lowest BCUT2D eigenvalue weighted by Crippen LogP contribution is -2.31. The van der Waals surface area contributed by atoms with Crippen molar-refractivity contribution in [1.29, 1.82) is 0 Å². The molecule has 0 aliphatic heterocycles. The van der Waals surface area contributed by atoms with Gasteiger partial charge in [0.1, 0.15) is 0 Å². The summed E-state index contributed by atoms with van der Waals surface area (Å²) in [6.07, 6.45) is 2.27. The number of benzene rings is 2. The molecule has 2 aromatic rings. The third-order valence-corrected chi connectivity index (χ3v) is 5.04. The van der Waals surface area contributed by atoms with Crippen molar-refractivity contribution < 1.29 is 19.0 Å². The molecule has 1 atom stereocenters. The molecule has 138 valence electrons. The highest BCUT2D eigenvalue weighted by atomic mass is 16.5. The summed E-state index contributed by atoms with van der Waals surface area (Å²) >= 11 is 0. The maximum absolute atomic E-state index is 12.9. The van der Waals surface area contributed by atoms with E-state index in [9.17, 15) is 4.79 Å². The minimum absolute atomic E-state index is 0.0703. The molecule has 0 N–H and O–H groups in total. The third kappa shape index (κ3) is 3.34. The average Bonchev–Trinajstić information content (AvgIpc) is 3.10. The van der Waals surface area contributed by atoms with Crippen molar-refractivity contribution in [3.05, 3.63) is 53.1 Å². The number of likely N-dealkylation sites (N-methyl/N-ethyl adjacent to an activating group) is 1. The van der Waals surface area contributed by atoms with Crippen molar-refractivity contribution in [2.75, 3.05) is 28.4 Å². The first kappa shape index (κ1) is 18.1. The van der Waals surface area contributed by atoms with Gasteiger partial charge in [0, 0.05) is 7.05 Å². The molecule has 5 nitrogen and oxygen atoms in total. The summed E-state index contributed by atoms with van der Waals surface area (Å²) < 4.78 is 16.1. The summed E-state index contributed by atoms with van der Waals surface area (Å²) in [4.78, 5) is 14.7. The second-order valence-electron chi connectivity index (χ2n) is 6.47. The number of aryl methyl sites for hydroxylation is 1. The van der Waals surface area contributed by atoms with E-state index in [1.165, 1.54) is 11.1 Å². The van der Waals surface area contributed by atoms with E-state index < -0.39 is 0 Å². The van der Waals surface area contributed by atoms with E-state index in [0.29, 0.717) is 17.2 Å². The number of methoxy groups -OCH3 is 3. The summed E-state index contributed by atoms with van der Waals surface area (Å²) in [7, 11) is 6.60. The molecule has 0 heterocycles. The number of rotatable bonds is 6. The summed E-state index contributed by atoms with van der Waals surface area (Å²) in [6.45, 7) is 0. The Bertz CT molecular complexity index is 777. The zero-order valence-corrected chi connectivity index (χ0v) is 15.7. The minimum atomic E-state index is 0.0703. The molecule has 0 fully saturated rings. The Morgan fingerprint density at radius 3 is 2.35 bits per heavy atom. The maximum atomic E-state index is 12.9. The fourth-order valence-electron chi connectivity index (χ4n) is 3.65. The highest BCUT2D eigenvalue weighted by Gasteiger charge is 2.28. The predicted octanol–water partition coefficient (Wildman–Crippen LogP) is 3.40. The monoisotopic (exact) mass is 355 g/mol. The number of nitrogens with zero attached hydrogens (tertiary/aromatic N) is 1. The first-order valence-corrected chi connectivity index (χ1v) is 8.71. The number of carbonyl (C=O) groups is 1. The van der Waals surface area contributed by atoms with Crippen LogP contribution in [0.25, 0.3) is 0 Å². The van der Waals surface area contributed by atoms with Crippen LogP contribution in [-0.4, -0.2) is 39.2 Å². The standard InChI is InChI=1S/C21H25NO4/c1-22(17-10-9-15-7-5-6-8-16(15)17)20(23)13-14-11-18(24-2)21(26-4)19(12-14)25-3/h5-8,11-12,17H,9-10,13H2,1-4H3/t17-/m1/s1. The summed E-state index contributed by atoms with van der Waals surface area (Å²) in [5, 5.41) is 0. The summed E-state index contributed by atoms with van der Waals surface area (Å²) in [5.41, 5.74) is 3.43. The quantitative estimate of drug-likeness (QED) is 0.797. The van der Waals surface area contributed by atoms with Gasteiger partial charge in [-0.05, 0) is 41.7 Å². The Hall–Kier alpha value is -2.69. The maximum Gasteiger partial charge on any atom is 0.227 e. The van der Waals surface area contributed by atoms with Gasteiger partial charge in [-0.2, -0.15) is 0 Å². The van der Waals surface area contributed by atoms with Crippen LogP contribution in [0.4, 0.5) is 0 Å². The van der Waals surface area contributed by atoms with Crippen molar-refractivity contribution >= 4 is 5.91 Å². The van der Waals surface area contributed by atoms with Gasteiger partial charge in [0.2, 0.25) is 11.7 Å². The molecule has 1 aliphatic carbocycles. The van der Waals surface area contributed by atoms with Crippen LogP contribution in [0.3, 0.4) is 0 Å². The topological polar surface area (TPSA) is 48.0 Å². The molecular weight excluding hydrogens is 330 g/mol. The zero-order chi connectivity index (χ0) is 18.7. The number of fused-ring (bicyclic) bond motifs is 1. The second-order valence-corrected chi connectivity index (χ2v) is 6.47. The molecule has 0 spiro atoms. The average molecular weight is 355 g/mol. The Kier molecular flexibility index (Phi) is 5.35. The lowest BCUT2D eigenvalue weighted by Gasteiger charge is -2.26. The van der Waals surface area contributed by atoms with E-state index >= 15 is 0 Å². The van der Waals surface area contributed by atoms with Crippen molar-refractivity contribution in [3.63, 3.8) is 0 Å². The van der Waals surface area contributed by atoms with Gasteiger partial charge in [0.15, 0.2) is 11.5 Å². The molecule has 3 rings (SSSR count). The van der Waals surface area contributed by atoms with Crippen molar-refractivity contribution in [3.8, 4) is 17.2 Å². The fourth-order valence-corrected chi connectivity index (χ4v) is 3.65. The predicted molar refractivity (Wildman–Crippen MR) is 100 cm³/mol. The molecule has 0 aromatic heterocycles. The SMILES string of the molecule is COc1cc(CC(=O)N(C)[C@@H]2CCc3ccccc32)cc(OC)c1OC.